The molecule has 1 aromatic heterocycles. The van der Waals surface area contributed by atoms with E-state index in [0.29, 0.717) is 17.9 Å². The Morgan fingerprint density at radius 2 is 2.08 bits per heavy atom. The summed E-state index contributed by atoms with van der Waals surface area (Å²) in [6.45, 7) is 4.56. The molecule has 5 heteroatoms. The van der Waals surface area contributed by atoms with Crippen LogP contribution in [0.1, 0.15) is 28.4 Å². The Morgan fingerprint density at radius 3 is 2.96 bits per heavy atom. The Balaban J connectivity index is 1.51. The zero-order chi connectivity index (χ0) is 16.7. The molecule has 2 aromatic carbocycles. The van der Waals surface area contributed by atoms with E-state index < -0.39 is 0 Å². The first-order valence-corrected chi connectivity index (χ1v) is 7.99. The standard InChI is InChI=1S/C19H18N2O3/c1-11-7-8-14-16(10-23-19(14)12(11)2)20-18(22)9-15-13-5-3-4-6-17(13)24-21-15/h3-8,16H,9-10H2,1-2H3,(H,20,22)/t16-/m0/s1. The number of nitrogens with one attached hydrogen (secondary N) is 1. The van der Waals surface area contributed by atoms with E-state index in [9.17, 15) is 4.79 Å². The van der Waals surface area contributed by atoms with Crippen LogP contribution in [0.2, 0.25) is 0 Å². The van der Waals surface area contributed by atoms with Crippen LogP contribution in [0.25, 0.3) is 11.0 Å². The van der Waals surface area contributed by atoms with Crippen LogP contribution >= 0.6 is 0 Å². The summed E-state index contributed by atoms with van der Waals surface area (Å²) in [5, 5.41) is 7.93. The summed E-state index contributed by atoms with van der Waals surface area (Å²) in [6.07, 6.45) is 0.188. The molecule has 24 heavy (non-hydrogen) atoms. The van der Waals surface area contributed by atoms with Crippen molar-refractivity contribution < 1.29 is 14.1 Å². The number of aryl methyl sites for hydroxylation is 1. The minimum atomic E-state index is -0.120. The molecule has 0 saturated heterocycles. The highest BCUT2D eigenvalue weighted by Gasteiger charge is 2.27. The van der Waals surface area contributed by atoms with Gasteiger partial charge in [-0.2, -0.15) is 0 Å². The van der Waals surface area contributed by atoms with Gasteiger partial charge in [-0.25, -0.2) is 0 Å². The van der Waals surface area contributed by atoms with Gasteiger partial charge < -0.3 is 14.6 Å². The molecule has 3 aromatic rings. The first-order chi connectivity index (χ1) is 11.6. The van der Waals surface area contributed by atoms with Gasteiger partial charge in [-0.15, -0.1) is 0 Å². The van der Waals surface area contributed by atoms with Crippen molar-refractivity contribution in [1.82, 2.24) is 10.5 Å². The van der Waals surface area contributed by atoms with Crippen molar-refractivity contribution in [3.05, 3.63) is 58.8 Å². The van der Waals surface area contributed by atoms with Crippen LogP contribution in [0.3, 0.4) is 0 Å². The molecule has 0 aliphatic carbocycles. The lowest BCUT2D eigenvalue weighted by molar-refractivity contribution is -0.121. The third-order valence-electron chi connectivity index (χ3n) is 4.59. The second-order valence-corrected chi connectivity index (χ2v) is 6.16. The van der Waals surface area contributed by atoms with E-state index in [1.54, 1.807) is 0 Å². The fourth-order valence-corrected chi connectivity index (χ4v) is 3.12. The summed E-state index contributed by atoms with van der Waals surface area (Å²) in [5.41, 5.74) is 4.71. The third-order valence-corrected chi connectivity index (χ3v) is 4.59. The molecular weight excluding hydrogens is 304 g/mol. The topological polar surface area (TPSA) is 64.4 Å². The van der Waals surface area contributed by atoms with Gasteiger partial charge in [0.15, 0.2) is 5.58 Å². The van der Waals surface area contributed by atoms with E-state index in [1.165, 1.54) is 5.56 Å². The number of carbonyl (C=O) groups is 1. The predicted molar refractivity (Wildman–Crippen MR) is 90.0 cm³/mol. The van der Waals surface area contributed by atoms with Crippen LogP contribution in [0.15, 0.2) is 40.9 Å². The number of amides is 1. The number of para-hydroxylation sites is 1. The van der Waals surface area contributed by atoms with E-state index in [0.717, 1.165) is 22.3 Å². The fourth-order valence-electron chi connectivity index (χ4n) is 3.12. The van der Waals surface area contributed by atoms with Crippen LogP contribution in [0, 0.1) is 13.8 Å². The molecule has 122 valence electrons. The summed E-state index contributed by atoms with van der Waals surface area (Å²) in [5.74, 6) is 0.806. The number of aromatic nitrogens is 1. The van der Waals surface area contributed by atoms with Gasteiger partial charge in [0, 0.05) is 10.9 Å². The van der Waals surface area contributed by atoms with Gasteiger partial charge in [0.1, 0.15) is 18.1 Å². The molecular formula is C19H18N2O3. The lowest BCUT2D eigenvalue weighted by Gasteiger charge is -2.12. The molecule has 0 fully saturated rings. The van der Waals surface area contributed by atoms with Gasteiger partial charge in [0.2, 0.25) is 5.91 Å². The zero-order valence-electron chi connectivity index (χ0n) is 13.6. The van der Waals surface area contributed by atoms with Crippen molar-refractivity contribution in [3.63, 3.8) is 0 Å². The molecule has 5 nitrogen and oxygen atoms in total. The van der Waals surface area contributed by atoms with Crippen LogP contribution in [-0.4, -0.2) is 17.7 Å². The molecule has 0 spiro atoms. The van der Waals surface area contributed by atoms with Gasteiger partial charge in [-0.05, 0) is 37.1 Å². The number of benzene rings is 2. The van der Waals surface area contributed by atoms with E-state index >= 15 is 0 Å². The summed E-state index contributed by atoms with van der Waals surface area (Å²) < 4.78 is 11.0. The van der Waals surface area contributed by atoms with E-state index in [1.807, 2.05) is 37.3 Å². The summed E-state index contributed by atoms with van der Waals surface area (Å²) in [7, 11) is 0. The zero-order valence-corrected chi connectivity index (χ0v) is 13.6. The average molecular weight is 322 g/mol. The van der Waals surface area contributed by atoms with Crippen LogP contribution in [0.5, 0.6) is 5.75 Å². The molecule has 0 radical (unpaired) electrons. The summed E-state index contributed by atoms with van der Waals surface area (Å²) >= 11 is 0. The Morgan fingerprint density at radius 1 is 1.25 bits per heavy atom. The normalized spacial score (nSPS) is 16.0. The third kappa shape index (κ3) is 2.42. The van der Waals surface area contributed by atoms with Gasteiger partial charge in [-0.3, -0.25) is 4.79 Å². The van der Waals surface area contributed by atoms with Crippen LogP contribution < -0.4 is 10.1 Å². The molecule has 1 aliphatic heterocycles. The second-order valence-electron chi connectivity index (χ2n) is 6.16. The smallest absolute Gasteiger partial charge is 0.226 e. The monoisotopic (exact) mass is 322 g/mol. The molecule has 1 aliphatic rings. The number of fused-ring (bicyclic) bond motifs is 2. The highest BCUT2D eigenvalue weighted by atomic mass is 16.5. The van der Waals surface area contributed by atoms with Crippen molar-refractivity contribution in [3.8, 4) is 5.75 Å². The van der Waals surface area contributed by atoms with Crippen LogP contribution in [-0.2, 0) is 11.2 Å². The van der Waals surface area contributed by atoms with Crippen LogP contribution in [0.4, 0.5) is 0 Å². The largest absolute Gasteiger partial charge is 0.490 e. The first-order valence-electron chi connectivity index (χ1n) is 7.99. The number of rotatable bonds is 3. The highest BCUT2D eigenvalue weighted by Crippen LogP contribution is 2.36. The maximum Gasteiger partial charge on any atom is 0.226 e. The van der Waals surface area contributed by atoms with Crippen molar-refractivity contribution in [2.45, 2.75) is 26.3 Å². The van der Waals surface area contributed by atoms with Gasteiger partial charge >= 0.3 is 0 Å². The molecule has 0 bridgehead atoms. The Kier molecular flexibility index (Phi) is 3.49. The lowest BCUT2D eigenvalue weighted by Crippen LogP contribution is -2.30. The number of hydrogen-bond acceptors (Lipinski definition) is 4. The number of nitrogens with zero attached hydrogens (tertiary/aromatic N) is 1. The molecule has 1 amide bonds. The van der Waals surface area contributed by atoms with Gasteiger partial charge in [0.25, 0.3) is 0 Å². The lowest BCUT2D eigenvalue weighted by atomic mass is 10.0. The summed E-state index contributed by atoms with van der Waals surface area (Å²) in [4.78, 5) is 12.4. The van der Waals surface area contributed by atoms with Crippen molar-refractivity contribution in [1.29, 1.82) is 0 Å². The Hall–Kier alpha value is -2.82. The predicted octanol–water partition coefficient (Wildman–Crippen LogP) is 3.24. The summed E-state index contributed by atoms with van der Waals surface area (Å²) in [6, 6.07) is 11.5. The highest BCUT2D eigenvalue weighted by molar-refractivity contribution is 5.86. The average Bonchev–Trinajstić information content (AvgIpc) is 3.16. The van der Waals surface area contributed by atoms with E-state index in [-0.39, 0.29) is 18.4 Å². The molecule has 1 N–H and O–H groups in total. The maximum atomic E-state index is 12.4. The first kappa shape index (κ1) is 14.8. The second kappa shape index (κ2) is 5.67. The minimum Gasteiger partial charge on any atom is -0.490 e. The maximum absolute atomic E-state index is 12.4. The minimum absolute atomic E-state index is 0.0891. The Bertz CT molecular complexity index is 930. The molecule has 4 rings (SSSR count). The van der Waals surface area contributed by atoms with Gasteiger partial charge in [-0.1, -0.05) is 29.4 Å². The fraction of sp³-hybridized carbons (Fsp3) is 0.263. The van der Waals surface area contributed by atoms with Crippen molar-refractivity contribution in [2.24, 2.45) is 0 Å². The Labute approximate surface area is 139 Å². The number of ether oxygens (including phenoxy) is 1. The quantitative estimate of drug-likeness (QED) is 0.804. The number of carbonyl (C=O) groups excluding carboxylic acids is 1. The van der Waals surface area contributed by atoms with E-state index in [4.69, 9.17) is 9.26 Å². The molecule has 1 atom stereocenters. The number of hydrogen-bond donors (Lipinski definition) is 1. The van der Waals surface area contributed by atoms with Gasteiger partial charge in [0.05, 0.1) is 12.5 Å². The SMILES string of the molecule is Cc1ccc2c(c1C)OC[C@@H]2NC(=O)Cc1noc2ccccc12. The molecule has 0 unspecified atom stereocenters. The van der Waals surface area contributed by atoms with Crippen molar-refractivity contribution in [2.75, 3.05) is 6.61 Å². The molecule has 2 heterocycles. The molecule has 0 saturated carbocycles. The van der Waals surface area contributed by atoms with E-state index in [2.05, 4.69) is 23.5 Å². The van der Waals surface area contributed by atoms with Crippen molar-refractivity contribution >= 4 is 16.9 Å².